The summed E-state index contributed by atoms with van der Waals surface area (Å²) in [6.45, 7) is 4.62. The minimum Gasteiger partial charge on any atom is -0.369 e. The second-order valence-electron chi connectivity index (χ2n) is 10.5. The van der Waals surface area contributed by atoms with Gasteiger partial charge in [0.15, 0.2) is 0 Å². The van der Waals surface area contributed by atoms with Crippen molar-refractivity contribution in [1.29, 1.82) is 0 Å². The van der Waals surface area contributed by atoms with Gasteiger partial charge in [0, 0.05) is 62.5 Å². The summed E-state index contributed by atoms with van der Waals surface area (Å²) in [6, 6.07) is 5.79. The van der Waals surface area contributed by atoms with Crippen molar-refractivity contribution in [3.05, 3.63) is 23.8 Å². The lowest BCUT2D eigenvalue weighted by Gasteiger charge is -2.31. The number of piperidine rings is 1. The Morgan fingerprint density at radius 2 is 1.44 bits per heavy atom. The molecule has 2 aliphatic heterocycles. The Kier molecular flexibility index (Phi) is 7.07. The summed E-state index contributed by atoms with van der Waals surface area (Å²) in [5.74, 6) is 0.759. The number of carbonyl (C=O) groups excluding carboxylic acids is 3. The molecule has 7 heteroatoms. The fraction of sp³-hybridized carbons (Fsp3) is 0.667. The number of carbonyl (C=O) groups is 3. The molecule has 2 aliphatic carbocycles. The number of likely N-dealkylation sites (tertiary alicyclic amines) is 1. The second-order valence-corrected chi connectivity index (χ2v) is 10.5. The zero-order chi connectivity index (χ0) is 23.5. The molecule has 0 bridgehead atoms. The van der Waals surface area contributed by atoms with E-state index in [4.69, 9.17) is 0 Å². The van der Waals surface area contributed by atoms with Gasteiger partial charge in [0.05, 0.1) is 5.56 Å². The summed E-state index contributed by atoms with van der Waals surface area (Å²) in [5.41, 5.74) is 2.30. The van der Waals surface area contributed by atoms with Crippen molar-refractivity contribution >= 4 is 29.1 Å². The lowest BCUT2D eigenvalue weighted by atomic mass is 10.1. The molecule has 184 valence electrons. The SMILES string of the molecule is O=C(Nc1ccc(N2CCCN(C(=O)C3CCCC3)CC2)c(C(=O)N2CCCCC2)c1)C1CC1. The highest BCUT2D eigenvalue weighted by atomic mass is 16.2. The molecule has 1 aromatic rings. The van der Waals surface area contributed by atoms with Crippen molar-refractivity contribution in [2.45, 2.75) is 64.2 Å². The molecule has 2 heterocycles. The second kappa shape index (κ2) is 10.4. The quantitative estimate of drug-likeness (QED) is 0.715. The molecule has 7 nitrogen and oxygen atoms in total. The van der Waals surface area contributed by atoms with Crippen LogP contribution in [0.1, 0.15) is 74.6 Å². The third-order valence-electron chi connectivity index (χ3n) is 7.94. The van der Waals surface area contributed by atoms with E-state index in [1.54, 1.807) is 0 Å². The van der Waals surface area contributed by atoms with Crippen LogP contribution in [0.3, 0.4) is 0 Å². The van der Waals surface area contributed by atoms with Gasteiger partial charge in [-0.2, -0.15) is 0 Å². The molecule has 5 rings (SSSR count). The number of nitrogens with one attached hydrogen (secondary N) is 1. The third-order valence-corrected chi connectivity index (χ3v) is 7.94. The summed E-state index contributed by atoms with van der Waals surface area (Å²) in [7, 11) is 0. The van der Waals surface area contributed by atoms with Gasteiger partial charge in [-0.1, -0.05) is 12.8 Å². The fourth-order valence-electron chi connectivity index (χ4n) is 5.73. The highest BCUT2D eigenvalue weighted by molar-refractivity contribution is 6.02. The highest BCUT2D eigenvalue weighted by Crippen LogP contribution is 2.32. The van der Waals surface area contributed by atoms with Crippen LogP contribution in [0, 0.1) is 11.8 Å². The first-order valence-corrected chi connectivity index (χ1v) is 13.4. The number of anilines is 2. The Bertz CT molecular complexity index is 916. The molecule has 1 N–H and O–H groups in total. The smallest absolute Gasteiger partial charge is 0.256 e. The van der Waals surface area contributed by atoms with E-state index >= 15 is 0 Å². The van der Waals surface area contributed by atoms with Crippen LogP contribution >= 0.6 is 0 Å². The molecule has 0 unspecified atom stereocenters. The molecule has 2 saturated heterocycles. The van der Waals surface area contributed by atoms with Crippen LogP contribution < -0.4 is 10.2 Å². The van der Waals surface area contributed by atoms with Gasteiger partial charge in [0.2, 0.25) is 11.8 Å². The largest absolute Gasteiger partial charge is 0.369 e. The highest BCUT2D eigenvalue weighted by Gasteiger charge is 2.31. The van der Waals surface area contributed by atoms with Gasteiger partial charge in [0.1, 0.15) is 0 Å². The molecule has 34 heavy (non-hydrogen) atoms. The fourth-order valence-corrected chi connectivity index (χ4v) is 5.73. The summed E-state index contributed by atoms with van der Waals surface area (Å²) < 4.78 is 0. The van der Waals surface area contributed by atoms with Crippen molar-refractivity contribution in [1.82, 2.24) is 9.80 Å². The van der Waals surface area contributed by atoms with Gasteiger partial charge >= 0.3 is 0 Å². The number of hydrogen-bond acceptors (Lipinski definition) is 4. The predicted molar refractivity (Wildman–Crippen MR) is 133 cm³/mol. The number of hydrogen-bond donors (Lipinski definition) is 1. The standard InChI is InChI=1S/C27H38N4O3/c32-25(20-9-10-20)28-22-11-12-24(23(19-22)27(34)30-13-4-1-5-14-30)29-15-6-16-31(18-17-29)26(33)21-7-2-3-8-21/h11-12,19-21H,1-10,13-18H2,(H,28,32). The number of nitrogens with zero attached hydrogens (tertiary/aromatic N) is 3. The van der Waals surface area contributed by atoms with E-state index in [1.807, 2.05) is 28.0 Å². The van der Waals surface area contributed by atoms with Gasteiger partial charge < -0.3 is 20.0 Å². The average Bonchev–Trinajstić information content (AvgIpc) is 3.63. The Morgan fingerprint density at radius 3 is 2.18 bits per heavy atom. The average molecular weight is 467 g/mol. The maximum atomic E-state index is 13.6. The number of benzene rings is 1. The van der Waals surface area contributed by atoms with Crippen LogP contribution in [0.2, 0.25) is 0 Å². The summed E-state index contributed by atoms with van der Waals surface area (Å²) in [4.78, 5) is 45.2. The first-order chi connectivity index (χ1) is 16.6. The van der Waals surface area contributed by atoms with Gasteiger partial charge in [-0.25, -0.2) is 0 Å². The monoisotopic (exact) mass is 466 g/mol. The number of amides is 3. The maximum Gasteiger partial charge on any atom is 0.256 e. The minimum atomic E-state index is 0.0555. The first kappa shape index (κ1) is 23.2. The molecule has 0 atom stereocenters. The summed E-state index contributed by atoms with van der Waals surface area (Å²) >= 11 is 0. The molecule has 0 spiro atoms. The predicted octanol–water partition coefficient (Wildman–Crippen LogP) is 3.89. The van der Waals surface area contributed by atoms with E-state index in [2.05, 4.69) is 10.2 Å². The van der Waals surface area contributed by atoms with Gasteiger partial charge in [0.25, 0.3) is 5.91 Å². The van der Waals surface area contributed by atoms with Crippen molar-refractivity contribution in [2.24, 2.45) is 11.8 Å². The molecule has 4 aliphatic rings. The van der Waals surface area contributed by atoms with Crippen molar-refractivity contribution in [3.8, 4) is 0 Å². The molecule has 3 amide bonds. The van der Waals surface area contributed by atoms with Crippen LogP contribution in [0.25, 0.3) is 0 Å². The van der Waals surface area contributed by atoms with E-state index in [0.717, 1.165) is 83.4 Å². The van der Waals surface area contributed by atoms with Gasteiger partial charge in [-0.3, -0.25) is 14.4 Å². The Balaban J connectivity index is 1.35. The van der Waals surface area contributed by atoms with Gasteiger partial charge in [-0.05, 0) is 69.6 Å². The lowest BCUT2D eigenvalue weighted by Crippen LogP contribution is -2.39. The number of rotatable bonds is 5. The zero-order valence-corrected chi connectivity index (χ0v) is 20.3. The Morgan fingerprint density at radius 1 is 0.706 bits per heavy atom. The molecule has 0 radical (unpaired) electrons. The van der Waals surface area contributed by atoms with E-state index in [9.17, 15) is 14.4 Å². The molecule has 2 saturated carbocycles. The molecular weight excluding hydrogens is 428 g/mol. The van der Waals surface area contributed by atoms with E-state index in [0.29, 0.717) is 23.7 Å². The van der Waals surface area contributed by atoms with Gasteiger partial charge in [-0.15, -0.1) is 0 Å². The molecule has 4 fully saturated rings. The van der Waals surface area contributed by atoms with Crippen molar-refractivity contribution in [3.63, 3.8) is 0 Å². The molecule has 0 aromatic heterocycles. The maximum absolute atomic E-state index is 13.6. The van der Waals surface area contributed by atoms with E-state index in [-0.39, 0.29) is 23.7 Å². The van der Waals surface area contributed by atoms with Crippen molar-refractivity contribution < 1.29 is 14.4 Å². The van der Waals surface area contributed by atoms with E-state index in [1.165, 1.54) is 19.3 Å². The Hall–Kier alpha value is -2.57. The van der Waals surface area contributed by atoms with Crippen LogP contribution in [0.4, 0.5) is 11.4 Å². The summed E-state index contributed by atoms with van der Waals surface area (Å²) in [6.07, 6.45) is 10.5. The normalized spacial score (nSPS) is 21.9. The van der Waals surface area contributed by atoms with Crippen molar-refractivity contribution in [2.75, 3.05) is 49.5 Å². The third kappa shape index (κ3) is 5.23. The Labute approximate surface area is 202 Å². The van der Waals surface area contributed by atoms with Crippen LogP contribution in [-0.2, 0) is 9.59 Å². The minimum absolute atomic E-state index is 0.0555. The van der Waals surface area contributed by atoms with Crippen LogP contribution in [-0.4, -0.2) is 66.8 Å². The summed E-state index contributed by atoms with van der Waals surface area (Å²) in [5, 5.41) is 3.02. The first-order valence-electron chi connectivity index (χ1n) is 13.4. The van der Waals surface area contributed by atoms with Crippen LogP contribution in [0.15, 0.2) is 18.2 Å². The molecular formula is C27H38N4O3. The zero-order valence-electron chi connectivity index (χ0n) is 20.3. The topological polar surface area (TPSA) is 73.0 Å². The lowest BCUT2D eigenvalue weighted by molar-refractivity contribution is -0.135. The van der Waals surface area contributed by atoms with Crippen LogP contribution in [0.5, 0.6) is 0 Å². The molecule has 1 aromatic carbocycles. The van der Waals surface area contributed by atoms with E-state index < -0.39 is 0 Å².